The van der Waals surface area contributed by atoms with Gasteiger partial charge in [-0.15, -0.1) is 0 Å². The Morgan fingerprint density at radius 2 is 2.13 bits per heavy atom. The first-order valence-electron chi connectivity index (χ1n) is 5.26. The van der Waals surface area contributed by atoms with Gasteiger partial charge < -0.3 is 11.1 Å². The smallest absolute Gasteiger partial charge is 0.0773 e. The van der Waals surface area contributed by atoms with Gasteiger partial charge in [0, 0.05) is 18.2 Å². The number of nitrogens with two attached hydrogens (primary N) is 1. The SMILES string of the molecule is CCc1ccccc1NCC(C)C(N)=S. The van der Waals surface area contributed by atoms with Crippen molar-refractivity contribution >= 4 is 22.9 Å². The quantitative estimate of drug-likeness (QED) is 0.752. The van der Waals surface area contributed by atoms with Gasteiger partial charge in [-0.2, -0.15) is 0 Å². The number of rotatable bonds is 5. The fourth-order valence-corrected chi connectivity index (χ4v) is 1.45. The van der Waals surface area contributed by atoms with E-state index in [1.807, 2.05) is 13.0 Å². The van der Waals surface area contributed by atoms with E-state index >= 15 is 0 Å². The van der Waals surface area contributed by atoms with E-state index < -0.39 is 0 Å². The van der Waals surface area contributed by atoms with Gasteiger partial charge in [0.1, 0.15) is 0 Å². The van der Waals surface area contributed by atoms with Crippen LogP contribution in [0.1, 0.15) is 19.4 Å². The molecule has 0 radical (unpaired) electrons. The number of hydrogen-bond donors (Lipinski definition) is 2. The average molecular weight is 222 g/mol. The second-order valence-electron chi connectivity index (χ2n) is 3.70. The van der Waals surface area contributed by atoms with Crippen LogP contribution in [-0.2, 0) is 6.42 Å². The van der Waals surface area contributed by atoms with Crippen molar-refractivity contribution in [2.75, 3.05) is 11.9 Å². The maximum absolute atomic E-state index is 5.56. The third-order valence-electron chi connectivity index (χ3n) is 2.48. The fourth-order valence-electron chi connectivity index (χ4n) is 1.36. The van der Waals surface area contributed by atoms with E-state index in [0.29, 0.717) is 4.99 Å². The molecule has 15 heavy (non-hydrogen) atoms. The summed E-state index contributed by atoms with van der Waals surface area (Å²) in [6, 6.07) is 8.31. The van der Waals surface area contributed by atoms with Gasteiger partial charge in [-0.3, -0.25) is 0 Å². The summed E-state index contributed by atoms with van der Waals surface area (Å²) in [5, 5.41) is 3.38. The van der Waals surface area contributed by atoms with Gasteiger partial charge in [0.05, 0.1) is 4.99 Å². The minimum atomic E-state index is 0.227. The molecule has 0 bridgehead atoms. The lowest BCUT2D eigenvalue weighted by atomic mass is 10.1. The molecule has 1 unspecified atom stereocenters. The number of hydrogen-bond acceptors (Lipinski definition) is 2. The van der Waals surface area contributed by atoms with Gasteiger partial charge in [-0.05, 0) is 18.1 Å². The summed E-state index contributed by atoms with van der Waals surface area (Å²) in [6.07, 6.45) is 1.03. The van der Waals surface area contributed by atoms with Gasteiger partial charge in [0.15, 0.2) is 0 Å². The lowest BCUT2D eigenvalue weighted by Gasteiger charge is -2.14. The first-order chi connectivity index (χ1) is 7.15. The molecule has 0 amide bonds. The van der Waals surface area contributed by atoms with Crippen LogP contribution in [0.3, 0.4) is 0 Å². The zero-order valence-corrected chi connectivity index (χ0v) is 10.1. The molecule has 2 nitrogen and oxygen atoms in total. The Morgan fingerprint density at radius 3 is 2.73 bits per heavy atom. The molecule has 1 rings (SSSR count). The number of para-hydroxylation sites is 1. The summed E-state index contributed by atoms with van der Waals surface area (Å²) in [7, 11) is 0. The molecule has 1 aromatic rings. The molecule has 0 spiro atoms. The van der Waals surface area contributed by atoms with Crippen molar-refractivity contribution < 1.29 is 0 Å². The van der Waals surface area contributed by atoms with Crippen LogP contribution >= 0.6 is 12.2 Å². The summed E-state index contributed by atoms with van der Waals surface area (Å²) >= 11 is 4.93. The summed E-state index contributed by atoms with van der Waals surface area (Å²) in [6.45, 7) is 4.98. The van der Waals surface area contributed by atoms with Crippen LogP contribution < -0.4 is 11.1 Å². The van der Waals surface area contributed by atoms with E-state index in [9.17, 15) is 0 Å². The molecule has 0 fully saturated rings. The Bertz CT molecular complexity index is 336. The van der Waals surface area contributed by atoms with E-state index in [2.05, 4.69) is 30.4 Å². The van der Waals surface area contributed by atoms with Crippen LogP contribution in [-0.4, -0.2) is 11.5 Å². The van der Waals surface area contributed by atoms with Crippen molar-refractivity contribution in [2.45, 2.75) is 20.3 Å². The van der Waals surface area contributed by atoms with Crippen LogP contribution in [0.4, 0.5) is 5.69 Å². The molecular formula is C12H18N2S. The van der Waals surface area contributed by atoms with E-state index in [4.69, 9.17) is 18.0 Å². The van der Waals surface area contributed by atoms with E-state index in [-0.39, 0.29) is 5.92 Å². The molecule has 3 N–H and O–H groups in total. The highest BCUT2D eigenvalue weighted by Gasteiger charge is 2.05. The summed E-state index contributed by atoms with van der Waals surface area (Å²) in [5.41, 5.74) is 8.07. The molecule has 0 aliphatic heterocycles. The predicted molar refractivity (Wildman–Crippen MR) is 70.3 cm³/mol. The fraction of sp³-hybridized carbons (Fsp3) is 0.417. The normalized spacial score (nSPS) is 12.1. The third-order valence-corrected chi connectivity index (χ3v) is 2.89. The second kappa shape index (κ2) is 5.71. The number of aryl methyl sites for hydroxylation is 1. The minimum absolute atomic E-state index is 0.227. The van der Waals surface area contributed by atoms with Crippen molar-refractivity contribution in [1.82, 2.24) is 0 Å². The van der Waals surface area contributed by atoms with E-state index in [1.165, 1.54) is 11.3 Å². The van der Waals surface area contributed by atoms with Crippen LogP contribution in [0, 0.1) is 5.92 Å². The summed E-state index contributed by atoms with van der Waals surface area (Å²) in [4.78, 5) is 0.566. The van der Waals surface area contributed by atoms with E-state index in [1.54, 1.807) is 0 Å². The molecule has 0 aliphatic carbocycles. The molecule has 0 saturated heterocycles. The number of anilines is 1. The van der Waals surface area contributed by atoms with Crippen molar-refractivity contribution in [2.24, 2.45) is 11.7 Å². The maximum atomic E-state index is 5.56. The Morgan fingerprint density at radius 1 is 1.47 bits per heavy atom. The lowest BCUT2D eigenvalue weighted by molar-refractivity contribution is 0.819. The van der Waals surface area contributed by atoms with Gasteiger partial charge >= 0.3 is 0 Å². The number of nitrogens with one attached hydrogen (secondary N) is 1. The highest BCUT2D eigenvalue weighted by molar-refractivity contribution is 7.80. The summed E-state index contributed by atoms with van der Waals surface area (Å²) in [5.74, 6) is 0.227. The lowest BCUT2D eigenvalue weighted by Crippen LogP contribution is -2.25. The molecule has 1 atom stereocenters. The molecule has 0 aromatic heterocycles. The molecule has 0 heterocycles. The van der Waals surface area contributed by atoms with Crippen LogP contribution in [0.25, 0.3) is 0 Å². The summed E-state index contributed by atoms with van der Waals surface area (Å²) < 4.78 is 0. The second-order valence-corrected chi connectivity index (χ2v) is 4.17. The first-order valence-corrected chi connectivity index (χ1v) is 5.67. The topological polar surface area (TPSA) is 38.0 Å². The Labute approximate surface area is 96.9 Å². The number of thiocarbonyl (C=S) groups is 1. The van der Waals surface area contributed by atoms with Crippen molar-refractivity contribution in [3.05, 3.63) is 29.8 Å². The monoisotopic (exact) mass is 222 g/mol. The van der Waals surface area contributed by atoms with Gasteiger partial charge in [0.2, 0.25) is 0 Å². The third kappa shape index (κ3) is 3.51. The predicted octanol–water partition coefficient (Wildman–Crippen LogP) is 2.58. The van der Waals surface area contributed by atoms with Gasteiger partial charge in [0.25, 0.3) is 0 Å². The van der Waals surface area contributed by atoms with Gasteiger partial charge in [-0.1, -0.05) is 44.3 Å². The van der Waals surface area contributed by atoms with Crippen LogP contribution in [0.15, 0.2) is 24.3 Å². The molecule has 1 aromatic carbocycles. The zero-order valence-electron chi connectivity index (χ0n) is 9.29. The largest absolute Gasteiger partial charge is 0.393 e. The Kier molecular flexibility index (Phi) is 4.56. The highest BCUT2D eigenvalue weighted by Crippen LogP contribution is 2.15. The molecule has 0 aliphatic rings. The minimum Gasteiger partial charge on any atom is -0.393 e. The standard InChI is InChI=1S/C12H18N2S/c1-3-10-6-4-5-7-11(10)14-8-9(2)12(13)15/h4-7,9,14H,3,8H2,1-2H3,(H2,13,15). The van der Waals surface area contributed by atoms with Crippen molar-refractivity contribution in [1.29, 1.82) is 0 Å². The maximum Gasteiger partial charge on any atom is 0.0773 e. The van der Waals surface area contributed by atoms with Gasteiger partial charge in [-0.25, -0.2) is 0 Å². The zero-order chi connectivity index (χ0) is 11.3. The Balaban J connectivity index is 2.60. The van der Waals surface area contributed by atoms with E-state index in [0.717, 1.165) is 13.0 Å². The molecule has 3 heteroatoms. The highest BCUT2D eigenvalue weighted by atomic mass is 32.1. The average Bonchev–Trinajstić information content (AvgIpc) is 2.26. The molecule has 82 valence electrons. The molecular weight excluding hydrogens is 204 g/mol. The van der Waals surface area contributed by atoms with Crippen LogP contribution in [0.2, 0.25) is 0 Å². The Hall–Kier alpha value is -1.09. The molecule has 0 saturated carbocycles. The first kappa shape index (κ1) is 12.0. The number of benzene rings is 1. The van der Waals surface area contributed by atoms with Crippen LogP contribution in [0.5, 0.6) is 0 Å². The van der Waals surface area contributed by atoms with Crippen molar-refractivity contribution in [3.8, 4) is 0 Å². The van der Waals surface area contributed by atoms with Crippen molar-refractivity contribution in [3.63, 3.8) is 0 Å².